The first-order valence-corrected chi connectivity index (χ1v) is 9.37. The summed E-state index contributed by atoms with van der Waals surface area (Å²) in [5.74, 6) is -1.23. The van der Waals surface area contributed by atoms with Gasteiger partial charge in [0.15, 0.2) is 5.78 Å². The predicted octanol–water partition coefficient (Wildman–Crippen LogP) is 2.06. The molecule has 0 N–H and O–H groups in total. The van der Waals surface area contributed by atoms with Crippen LogP contribution < -0.4 is 14.7 Å². The number of hydrogen-bond donors (Lipinski definition) is 0. The third-order valence-corrected chi connectivity index (χ3v) is 5.00. The van der Waals surface area contributed by atoms with Crippen LogP contribution in [-0.2, 0) is 14.9 Å². The third kappa shape index (κ3) is 3.69. The van der Waals surface area contributed by atoms with Crippen molar-refractivity contribution in [3.63, 3.8) is 0 Å². The number of ketones is 1. The van der Waals surface area contributed by atoms with Gasteiger partial charge in [0.25, 0.3) is 0 Å². The van der Waals surface area contributed by atoms with Gasteiger partial charge in [0.1, 0.15) is 16.9 Å². The number of carbonyl (C=O) groups excluding carboxylic acids is 1. The lowest BCUT2D eigenvalue weighted by Gasteiger charge is -2.30. The third-order valence-electron chi connectivity index (χ3n) is 4.02. The van der Waals surface area contributed by atoms with E-state index in [1.165, 1.54) is 13.0 Å². The second-order valence-corrected chi connectivity index (χ2v) is 7.45. The van der Waals surface area contributed by atoms with Gasteiger partial charge < -0.3 is 18.2 Å². The molecule has 0 atom stereocenters. The molecule has 1 aromatic heterocycles. The summed E-state index contributed by atoms with van der Waals surface area (Å²) in [5.41, 5.74) is -6.76. The van der Waals surface area contributed by atoms with Crippen LogP contribution in [0.2, 0.25) is 0 Å². The van der Waals surface area contributed by atoms with Crippen LogP contribution in [0.1, 0.15) is 17.3 Å². The van der Waals surface area contributed by atoms with Crippen LogP contribution in [0.5, 0.6) is 5.75 Å². The van der Waals surface area contributed by atoms with Gasteiger partial charge in [-0.2, -0.15) is 21.6 Å². The Morgan fingerprint density at radius 1 is 1.21 bits per heavy atom. The minimum absolute atomic E-state index is 0.203. The monoisotopic (exact) mass is 421 g/mol. The van der Waals surface area contributed by atoms with E-state index in [9.17, 15) is 31.2 Å². The Bertz CT molecular complexity index is 1090. The molecule has 0 aliphatic carbocycles. The Morgan fingerprint density at radius 2 is 1.86 bits per heavy atom. The summed E-state index contributed by atoms with van der Waals surface area (Å²) in [7, 11) is -5.88. The van der Waals surface area contributed by atoms with Crippen LogP contribution in [0.4, 0.5) is 18.9 Å². The SMILES string of the molecule is CC(=O)c1c(N2CCOCC2)c2ccc(OS(=O)(=O)C(F)(F)F)cc2oc1=O. The number of hydrogen-bond acceptors (Lipinski definition) is 8. The summed E-state index contributed by atoms with van der Waals surface area (Å²) in [4.78, 5) is 26.0. The van der Waals surface area contributed by atoms with Crippen LogP contribution in [0.15, 0.2) is 27.4 Å². The zero-order valence-corrected chi connectivity index (χ0v) is 15.2. The van der Waals surface area contributed by atoms with E-state index in [2.05, 4.69) is 4.18 Å². The van der Waals surface area contributed by atoms with Crippen LogP contribution >= 0.6 is 0 Å². The van der Waals surface area contributed by atoms with Crippen LogP contribution in [0.25, 0.3) is 11.0 Å². The van der Waals surface area contributed by atoms with Crippen LogP contribution in [-0.4, -0.2) is 46.0 Å². The zero-order valence-electron chi connectivity index (χ0n) is 14.4. The van der Waals surface area contributed by atoms with Crippen LogP contribution in [0, 0.1) is 0 Å². The van der Waals surface area contributed by atoms with Crippen molar-refractivity contribution >= 4 is 32.6 Å². The van der Waals surface area contributed by atoms with E-state index in [0.29, 0.717) is 26.3 Å². The first-order chi connectivity index (χ1) is 13.0. The molecule has 0 unspecified atom stereocenters. The molecule has 1 aliphatic heterocycles. The molecule has 152 valence electrons. The smallest absolute Gasteiger partial charge is 0.422 e. The molecule has 1 fully saturated rings. The number of morpholine rings is 1. The van der Waals surface area contributed by atoms with Crippen LogP contribution in [0.3, 0.4) is 0 Å². The normalized spacial score (nSPS) is 15.6. The van der Waals surface area contributed by atoms with Gasteiger partial charge in [-0.1, -0.05) is 0 Å². The molecule has 8 nitrogen and oxygen atoms in total. The topological polar surface area (TPSA) is 103 Å². The van der Waals surface area contributed by atoms with Gasteiger partial charge in [-0.3, -0.25) is 4.79 Å². The predicted molar refractivity (Wildman–Crippen MR) is 91.1 cm³/mol. The molecular formula is C16H14F3NO7S. The summed E-state index contributed by atoms with van der Waals surface area (Å²) >= 11 is 0. The van der Waals surface area contributed by atoms with Gasteiger partial charge in [-0.25, -0.2) is 4.79 Å². The molecule has 3 rings (SSSR count). The van der Waals surface area contributed by atoms with Crippen molar-refractivity contribution in [2.45, 2.75) is 12.4 Å². The maximum Gasteiger partial charge on any atom is 0.534 e. The Kier molecular flexibility index (Phi) is 5.10. The number of fused-ring (bicyclic) bond motifs is 1. The highest BCUT2D eigenvalue weighted by Gasteiger charge is 2.48. The van der Waals surface area contributed by atoms with Crippen molar-refractivity contribution in [1.29, 1.82) is 0 Å². The van der Waals surface area contributed by atoms with Crippen molar-refractivity contribution in [1.82, 2.24) is 0 Å². The number of alkyl halides is 3. The molecule has 2 heterocycles. The van der Waals surface area contributed by atoms with Gasteiger partial charge in [-0.15, -0.1) is 0 Å². The van der Waals surface area contributed by atoms with E-state index >= 15 is 0 Å². The molecule has 1 saturated heterocycles. The second kappa shape index (κ2) is 7.09. The molecule has 12 heteroatoms. The minimum Gasteiger partial charge on any atom is -0.422 e. The van der Waals surface area contributed by atoms with Gasteiger partial charge in [-0.05, 0) is 19.1 Å². The maximum absolute atomic E-state index is 12.5. The molecule has 28 heavy (non-hydrogen) atoms. The lowest BCUT2D eigenvalue weighted by molar-refractivity contribution is -0.0500. The van der Waals surface area contributed by atoms with Crippen molar-refractivity contribution in [2.75, 3.05) is 31.2 Å². The Hall–Kier alpha value is -2.60. The number of halogens is 3. The highest BCUT2D eigenvalue weighted by atomic mass is 32.2. The van der Waals surface area contributed by atoms with Gasteiger partial charge in [0, 0.05) is 24.5 Å². The van der Waals surface area contributed by atoms with Gasteiger partial charge in [0.05, 0.1) is 18.9 Å². The number of benzene rings is 1. The number of Topliss-reactive ketones (excluding diaryl/α,β-unsaturated/α-hetero) is 1. The minimum atomic E-state index is -5.88. The molecule has 0 saturated carbocycles. The van der Waals surface area contributed by atoms with Gasteiger partial charge >= 0.3 is 21.3 Å². The molecular weight excluding hydrogens is 407 g/mol. The van der Waals surface area contributed by atoms with E-state index in [1.54, 1.807) is 4.90 Å². The van der Waals surface area contributed by atoms with Crippen molar-refractivity contribution in [2.24, 2.45) is 0 Å². The van der Waals surface area contributed by atoms with E-state index in [4.69, 9.17) is 9.15 Å². The fraction of sp³-hybridized carbons (Fsp3) is 0.375. The summed E-state index contributed by atoms with van der Waals surface area (Å²) in [6.07, 6.45) is 0. The highest BCUT2D eigenvalue weighted by Crippen LogP contribution is 2.34. The lowest BCUT2D eigenvalue weighted by Crippen LogP contribution is -2.38. The number of rotatable bonds is 4. The fourth-order valence-corrected chi connectivity index (χ4v) is 3.27. The zero-order chi connectivity index (χ0) is 20.7. The van der Waals surface area contributed by atoms with Gasteiger partial charge in [0.2, 0.25) is 0 Å². The first kappa shape index (κ1) is 20.1. The first-order valence-electron chi connectivity index (χ1n) is 7.96. The summed E-state index contributed by atoms with van der Waals surface area (Å²) in [5, 5.41) is 0.253. The summed E-state index contributed by atoms with van der Waals surface area (Å²) < 4.78 is 74.2. The highest BCUT2D eigenvalue weighted by molar-refractivity contribution is 7.88. The standard InChI is InChI=1S/C16H14F3NO7S/c1-9(21)13-14(20-4-6-25-7-5-20)11-3-2-10(8-12(11)26-15(13)22)27-28(23,24)16(17,18)19/h2-3,8H,4-7H2,1H3. The lowest BCUT2D eigenvalue weighted by atomic mass is 10.1. The number of anilines is 1. The summed E-state index contributed by atoms with van der Waals surface area (Å²) in [6.45, 7) is 2.64. The second-order valence-electron chi connectivity index (χ2n) is 5.91. The van der Waals surface area contributed by atoms with E-state index in [-0.39, 0.29) is 22.2 Å². The average Bonchev–Trinajstić information content (AvgIpc) is 2.59. The quantitative estimate of drug-likeness (QED) is 0.320. The Balaban J connectivity index is 2.17. The molecule has 0 amide bonds. The Labute approximate surface area is 156 Å². The number of ether oxygens (including phenoxy) is 1. The molecule has 0 radical (unpaired) electrons. The van der Waals surface area contributed by atoms with Crippen molar-refractivity contribution in [3.05, 3.63) is 34.2 Å². The van der Waals surface area contributed by atoms with Crippen molar-refractivity contribution in [3.8, 4) is 5.75 Å². The number of nitrogens with zero attached hydrogens (tertiary/aromatic N) is 1. The Morgan fingerprint density at radius 3 is 2.43 bits per heavy atom. The van der Waals surface area contributed by atoms with E-state index in [0.717, 1.165) is 12.1 Å². The largest absolute Gasteiger partial charge is 0.534 e. The molecule has 0 bridgehead atoms. The molecule has 1 aliphatic rings. The molecule has 1 aromatic carbocycles. The average molecular weight is 421 g/mol. The summed E-state index contributed by atoms with van der Waals surface area (Å²) in [6, 6.07) is 3.07. The fourth-order valence-electron chi connectivity index (χ4n) is 2.82. The van der Waals surface area contributed by atoms with Crippen molar-refractivity contribution < 1.29 is 39.7 Å². The van der Waals surface area contributed by atoms with E-state index < -0.39 is 32.8 Å². The number of carbonyl (C=O) groups is 1. The maximum atomic E-state index is 12.5. The molecule has 2 aromatic rings. The molecule has 0 spiro atoms. The van der Waals surface area contributed by atoms with E-state index in [1.807, 2.05) is 0 Å².